The van der Waals surface area contributed by atoms with E-state index in [1.807, 2.05) is 47.2 Å². The Kier molecular flexibility index (Phi) is 7.33. The summed E-state index contributed by atoms with van der Waals surface area (Å²) in [6.07, 6.45) is 7.68. The molecule has 48 heavy (non-hydrogen) atoms. The molecule has 3 aliphatic rings. The molecule has 12 heteroatoms. The minimum Gasteiger partial charge on any atom is -0.338 e. The number of anilines is 1. The second kappa shape index (κ2) is 11.8. The fourth-order valence-corrected chi connectivity index (χ4v) is 7.26. The van der Waals surface area contributed by atoms with Gasteiger partial charge in [0.05, 0.1) is 28.7 Å². The largest absolute Gasteiger partial charge is 0.338 e. The smallest absolute Gasteiger partial charge is 0.237 e. The number of benzene rings is 2. The Morgan fingerprint density at radius 3 is 2.58 bits per heavy atom. The molecule has 1 atom stereocenters. The van der Waals surface area contributed by atoms with E-state index in [0.29, 0.717) is 55.5 Å². The summed E-state index contributed by atoms with van der Waals surface area (Å²) < 4.78 is 1.69. The van der Waals surface area contributed by atoms with Crippen molar-refractivity contribution in [2.45, 2.75) is 19.3 Å². The lowest BCUT2D eigenvalue weighted by Crippen LogP contribution is -2.43. The van der Waals surface area contributed by atoms with E-state index in [-0.39, 0.29) is 11.8 Å². The van der Waals surface area contributed by atoms with Gasteiger partial charge in [0, 0.05) is 56.1 Å². The number of carbonyl (C=O) groups excluding carboxylic acids is 2. The molecule has 0 saturated carbocycles. The quantitative estimate of drug-likeness (QED) is 0.294. The van der Waals surface area contributed by atoms with E-state index >= 15 is 0 Å². The zero-order valence-corrected chi connectivity index (χ0v) is 26.6. The van der Waals surface area contributed by atoms with Crippen molar-refractivity contribution in [1.82, 2.24) is 39.7 Å². The Hall–Kier alpha value is -5.67. The summed E-state index contributed by atoms with van der Waals surface area (Å²) >= 11 is 0. The maximum atomic E-state index is 14.0. The first-order valence-electron chi connectivity index (χ1n) is 16.2. The van der Waals surface area contributed by atoms with Crippen molar-refractivity contribution in [3.8, 4) is 28.8 Å². The Balaban J connectivity index is 0.895. The molecule has 2 amide bonds. The van der Waals surface area contributed by atoms with Gasteiger partial charge in [0.1, 0.15) is 18.1 Å². The van der Waals surface area contributed by atoms with Crippen LogP contribution >= 0.6 is 0 Å². The molecule has 12 nitrogen and oxygen atoms in total. The van der Waals surface area contributed by atoms with Gasteiger partial charge < -0.3 is 9.80 Å². The molecule has 3 aromatic heterocycles. The Morgan fingerprint density at radius 2 is 1.85 bits per heavy atom. The number of rotatable bonds is 6. The van der Waals surface area contributed by atoms with Gasteiger partial charge in [-0.15, -0.1) is 0 Å². The molecule has 3 aliphatic heterocycles. The van der Waals surface area contributed by atoms with Crippen molar-refractivity contribution in [3.05, 3.63) is 84.3 Å². The summed E-state index contributed by atoms with van der Waals surface area (Å²) in [5, 5.41) is 21.9. The summed E-state index contributed by atoms with van der Waals surface area (Å²) in [5.74, 6) is 0.932. The van der Waals surface area contributed by atoms with Crippen molar-refractivity contribution < 1.29 is 9.59 Å². The van der Waals surface area contributed by atoms with Gasteiger partial charge in [-0.25, -0.2) is 4.98 Å². The number of hydrogen-bond donors (Lipinski definition) is 1. The number of nitrogens with one attached hydrogen (secondary N) is 1. The average molecular weight is 639 g/mol. The van der Waals surface area contributed by atoms with Crippen LogP contribution in [-0.4, -0.2) is 90.8 Å². The van der Waals surface area contributed by atoms with E-state index in [9.17, 15) is 9.59 Å². The number of hydrogen-bond acceptors (Lipinski definition) is 8. The second-order valence-corrected chi connectivity index (χ2v) is 12.9. The van der Waals surface area contributed by atoms with E-state index in [0.717, 1.165) is 53.5 Å². The zero-order valence-electron chi connectivity index (χ0n) is 26.6. The number of pyridine rings is 1. The number of aromatic amines is 1. The molecule has 1 N–H and O–H groups in total. The summed E-state index contributed by atoms with van der Waals surface area (Å²) in [5.41, 5.74) is 6.40. The van der Waals surface area contributed by atoms with Crippen LogP contribution in [0.4, 0.5) is 5.69 Å². The fraction of sp³-hybridized carbons (Fsp3) is 0.306. The second-order valence-electron chi connectivity index (χ2n) is 12.9. The monoisotopic (exact) mass is 638 g/mol. The Labute approximate surface area is 277 Å². The number of nitrogens with zero attached hydrogens (tertiary/aromatic N) is 9. The molecule has 0 bridgehead atoms. The number of aryl methyl sites for hydroxylation is 1. The molecule has 0 radical (unpaired) electrons. The highest BCUT2D eigenvalue weighted by Crippen LogP contribution is 2.43. The van der Waals surface area contributed by atoms with Crippen LogP contribution in [0.3, 0.4) is 0 Å². The van der Waals surface area contributed by atoms with Crippen LogP contribution in [0, 0.1) is 16.7 Å². The van der Waals surface area contributed by atoms with Crippen LogP contribution in [-0.2, 0) is 16.6 Å². The third-order valence-corrected chi connectivity index (χ3v) is 9.97. The van der Waals surface area contributed by atoms with Crippen molar-refractivity contribution in [3.63, 3.8) is 0 Å². The lowest BCUT2D eigenvalue weighted by atomic mass is 9.85. The number of carbonyl (C=O) groups is 2. The number of amides is 2. The highest BCUT2D eigenvalue weighted by Gasteiger charge is 2.51. The van der Waals surface area contributed by atoms with Crippen LogP contribution in [0.1, 0.15) is 30.4 Å². The summed E-state index contributed by atoms with van der Waals surface area (Å²) in [4.78, 5) is 42.0. The standard InChI is InChI=1S/C36H34N10O2/c1-43-23-39-34(42-43)27-5-3-25(4-6-27)26-10-14-45(15-11-26)32(47)21-44-16-12-36(22-44)13-17-46(35(36)48)28-7-9-30-29(18-28)33(41-40-30)31-8-2-24(19-37)20-38-31/h2-10,18,20,23H,11-17,21-22H2,1H3,(H,40,41)/t36-/m0/s1. The molecule has 5 aromatic rings. The minimum atomic E-state index is -0.477. The Morgan fingerprint density at radius 1 is 1.02 bits per heavy atom. The summed E-state index contributed by atoms with van der Waals surface area (Å²) in [7, 11) is 1.85. The zero-order chi connectivity index (χ0) is 32.8. The van der Waals surface area contributed by atoms with Gasteiger partial charge in [0.15, 0.2) is 5.82 Å². The maximum Gasteiger partial charge on any atom is 0.237 e. The van der Waals surface area contributed by atoms with Crippen molar-refractivity contribution >= 4 is 34.0 Å². The van der Waals surface area contributed by atoms with Gasteiger partial charge in [-0.2, -0.15) is 15.5 Å². The lowest BCUT2D eigenvalue weighted by Gasteiger charge is -2.29. The summed E-state index contributed by atoms with van der Waals surface area (Å²) in [6, 6.07) is 19.8. The molecular formula is C36H34N10O2. The Bertz CT molecular complexity index is 2110. The molecule has 2 saturated heterocycles. The van der Waals surface area contributed by atoms with Crippen LogP contribution in [0.5, 0.6) is 0 Å². The minimum absolute atomic E-state index is 0.107. The normalized spacial score (nSPS) is 19.8. The molecule has 1 spiro atoms. The van der Waals surface area contributed by atoms with Crippen molar-refractivity contribution in [2.24, 2.45) is 12.5 Å². The third kappa shape index (κ3) is 5.32. The number of H-pyrrole nitrogens is 1. The van der Waals surface area contributed by atoms with E-state index in [1.54, 1.807) is 23.1 Å². The number of likely N-dealkylation sites (tertiary alicyclic amines) is 1. The van der Waals surface area contributed by atoms with Crippen LogP contribution in [0.15, 0.2) is 73.2 Å². The molecule has 2 aromatic carbocycles. The number of aromatic nitrogens is 6. The van der Waals surface area contributed by atoms with E-state index in [4.69, 9.17) is 5.26 Å². The lowest BCUT2D eigenvalue weighted by molar-refractivity contribution is -0.132. The molecule has 240 valence electrons. The van der Waals surface area contributed by atoms with Crippen molar-refractivity contribution in [2.75, 3.05) is 44.2 Å². The molecule has 8 rings (SSSR count). The van der Waals surface area contributed by atoms with Crippen LogP contribution in [0.25, 0.3) is 39.3 Å². The first kappa shape index (κ1) is 29.7. The average Bonchev–Trinajstić information content (AvgIpc) is 3.92. The van der Waals surface area contributed by atoms with Gasteiger partial charge in [-0.05, 0) is 67.3 Å². The molecule has 0 aliphatic carbocycles. The van der Waals surface area contributed by atoms with Crippen molar-refractivity contribution in [1.29, 1.82) is 5.26 Å². The molecule has 0 unspecified atom stereocenters. The first-order valence-corrected chi connectivity index (χ1v) is 16.2. The van der Waals surface area contributed by atoms with Gasteiger partial charge in [-0.1, -0.05) is 30.3 Å². The van der Waals surface area contributed by atoms with Gasteiger partial charge in [0.2, 0.25) is 11.8 Å². The molecule has 2 fully saturated rings. The summed E-state index contributed by atoms with van der Waals surface area (Å²) in [6.45, 7) is 3.54. The highest BCUT2D eigenvalue weighted by molar-refractivity contribution is 6.03. The predicted molar refractivity (Wildman–Crippen MR) is 180 cm³/mol. The topological polar surface area (TPSA) is 140 Å². The van der Waals surface area contributed by atoms with E-state index < -0.39 is 5.41 Å². The van der Waals surface area contributed by atoms with E-state index in [1.165, 1.54) is 11.8 Å². The number of fused-ring (bicyclic) bond motifs is 1. The van der Waals surface area contributed by atoms with Gasteiger partial charge in [-0.3, -0.25) is 29.3 Å². The molecular weight excluding hydrogens is 604 g/mol. The SMILES string of the molecule is Cn1cnc(-c2ccc(C3=CCN(C(=O)CN4CC[C@]5(CCN(c6ccc7[nH]nc(-c8ccc(C#N)cn8)c7c6)C5=O)C4)CC3)cc2)n1. The van der Waals surface area contributed by atoms with E-state index in [2.05, 4.69) is 54.4 Å². The van der Waals surface area contributed by atoms with Crippen LogP contribution < -0.4 is 4.90 Å². The first-order chi connectivity index (χ1) is 23.4. The number of nitriles is 1. The predicted octanol–water partition coefficient (Wildman–Crippen LogP) is 4.04. The van der Waals surface area contributed by atoms with Gasteiger partial charge >= 0.3 is 0 Å². The van der Waals surface area contributed by atoms with Gasteiger partial charge in [0.25, 0.3) is 0 Å². The highest BCUT2D eigenvalue weighted by atomic mass is 16.2. The third-order valence-electron chi connectivity index (χ3n) is 9.97. The van der Waals surface area contributed by atoms with Crippen LogP contribution in [0.2, 0.25) is 0 Å². The fourth-order valence-electron chi connectivity index (χ4n) is 7.26. The maximum absolute atomic E-state index is 14.0. The molecule has 6 heterocycles.